The van der Waals surface area contributed by atoms with Crippen LogP contribution < -0.4 is 0 Å². The third kappa shape index (κ3) is 3.13. The van der Waals surface area contributed by atoms with Gasteiger partial charge in [0, 0.05) is 26.7 Å². The molecule has 1 saturated heterocycles. The number of nitriles is 1. The molecule has 0 aliphatic carbocycles. The molecule has 0 amide bonds. The highest BCUT2D eigenvalue weighted by Crippen LogP contribution is 2.34. The predicted octanol–water partition coefficient (Wildman–Crippen LogP) is 2.20. The summed E-state index contributed by atoms with van der Waals surface area (Å²) in [4.78, 5) is 2.43. The summed E-state index contributed by atoms with van der Waals surface area (Å²) in [5, 5.41) is 13.8. The van der Waals surface area contributed by atoms with Gasteiger partial charge in [-0.3, -0.25) is 9.58 Å². The van der Waals surface area contributed by atoms with Crippen LogP contribution in [0.4, 0.5) is 0 Å². The number of aromatic nitrogens is 2. The Balaban J connectivity index is 1.96. The quantitative estimate of drug-likeness (QED) is 0.847. The van der Waals surface area contributed by atoms with Gasteiger partial charge in [0.25, 0.3) is 0 Å². The van der Waals surface area contributed by atoms with E-state index in [9.17, 15) is 5.26 Å². The van der Waals surface area contributed by atoms with Crippen molar-refractivity contribution in [2.75, 3.05) is 19.3 Å². The van der Waals surface area contributed by atoms with E-state index in [4.69, 9.17) is 0 Å². The number of hydrogen-bond acceptors (Lipinski definition) is 4. The Labute approximate surface area is 119 Å². The molecule has 4 nitrogen and oxygen atoms in total. The zero-order valence-electron chi connectivity index (χ0n) is 12.0. The molecule has 104 valence electrons. The summed E-state index contributed by atoms with van der Waals surface area (Å²) >= 11 is 1.71. The zero-order chi connectivity index (χ0) is 13.9. The van der Waals surface area contributed by atoms with Crippen molar-refractivity contribution in [1.82, 2.24) is 14.7 Å². The Hall–Kier alpha value is -0.990. The summed E-state index contributed by atoms with van der Waals surface area (Å²) in [7, 11) is 2.01. The van der Waals surface area contributed by atoms with Gasteiger partial charge < -0.3 is 0 Å². The summed E-state index contributed by atoms with van der Waals surface area (Å²) < 4.78 is 1.83. The average molecular weight is 278 g/mol. The van der Waals surface area contributed by atoms with Gasteiger partial charge in [0.05, 0.1) is 17.5 Å². The number of hydrogen-bond donors (Lipinski definition) is 0. The molecule has 0 spiro atoms. The minimum absolute atomic E-state index is 0.155. The van der Waals surface area contributed by atoms with Crippen molar-refractivity contribution < 1.29 is 0 Å². The molecule has 5 heteroatoms. The lowest BCUT2D eigenvalue weighted by molar-refractivity contribution is 0.204. The summed E-state index contributed by atoms with van der Waals surface area (Å²) in [5.41, 5.74) is 2.43. The molecule has 1 aliphatic heterocycles. The van der Waals surface area contributed by atoms with Crippen LogP contribution >= 0.6 is 11.8 Å². The average Bonchev–Trinajstić information content (AvgIpc) is 2.81. The van der Waals surface area contributed by atoms with E-state index in [1.54, 1.807) is 11.8 Å². The van der Waals surface area contributed by atoms with Crippen molar-refractivity contribution in [3.05, 3.63) is 17.5 Å². The van der Waals surface area contributed by atoms with Crippen molar-refractivity contribution in [3.63, 3.8) is 0 Å². The van der Waals surface area contributed by atoms with E-state index < -0.39 is 0 Å². The number of rotatable bonds is 4. The van der Waals surface area contributed by atoms with Crippen LogP contribution in [0, 0.1) is 11.3 Å². The van der Waals surface area contributed by atoms with Crippen LogP contribution in [0.5, 0.6) is 0 Å². The summed E-state index contributed by atoms with van der Waals surface area (Å²) in [6, 6.07) is 4.69. The van der Waals surface area contributed by atoms with Gasteiger partial charge in [0.15, 0.2) is 0 Å². The third-order valence-corrected chi connectivity index (χ3v) is 5.31. The molecule has 2 rings (SSSR count). The Morgan fingerprint density at radius 2 is 2.16 bits per heavy atom. The lowest BCUT2D eigenvalue weighted by atomic mass is 9.97. The molecule has 0 radical (unpaired) electrons. The van der Waals surface area contributed by atoms with Gasteiger partial charge in [-0.15, -0.1) is 11.8 Å². The fraction of sp³-hybridized carbons (Fsp3) is 0.714. The minimum Gasteiger partial charge on any atom is -0.297 e. The van der Waals surface area contributed by atoms with E-state index in [0.717, 1.165) is 44.6 Å². The van der Waals surface area contributed by atoms with Crippen LogP contribution in [-0.2, 0) is 20.0 Å². The second-order valence-corrected chi connectivity index (χ2v) is 6.38. The van der Waals surface area contributed by atoms with E-state index in [2.05, 4.69) is 29.1 Å². The normalized spacial score (nSPS) is 19.3. The van der Waals surface area contributed by atoms with Gasteiger partial charge in [-0.2, -0.15) is 10.4 Å². The topological polar surface area (TPSA) is 44.9 Å². The lowest BCUT2D eigenvalue weighted by Crippen LogP contribution is -2.41. The molecule has 0 N–H and O–H groups in total. The molecular formula is C14H22N4S. The SMILES string of the molecule is CCc1cc(CN2CCC(C#N)(SC)CC2)n(C)n1. The third-order valence-electron chi connectivity index (χ3n) is 4.03. The van der Waals surface area contributed by atoms with Gasteiger partial charge in [0.1, 0.15) is 4.75 Å². The number of likely N-dealkylation sites (tertiary alicyclic amines) is 1. The number of nitrogens with zero attached hydrogens (tertiary/aromatic N) is 4. The number of thioether (sulfide) groups is 1. The van der Waals surface area contributed by atoms with Gasteiger partial charge >= 0.3 is 0 Å². The first kappa shape index (κ1) is 14.4. The lowest BCUT2D eigenvalue weighted by Gasteiger charge is -2.36. The van der Waals surface area contributed by atoms with E-state index in [1.807, 2.05) is 18.0 Å². The van der Waals surface area contributed by atoms with E-state index in [1.165, 1.54) is 5.69 Å². The monoisotopic (exact) mass is 278 g/mol. The second-order valence-electron chi connectivity index (χ2n) is 5.19. The Kier molecular flexibility index (Phi) is 4.54. The molecule has 19 heavy (non-hydrogen) atoms. The fourth-order valence-corrected chi connectivity index (χ4v) is 3.24. The van der Waals surface area contributed by atoms with Crippen LogP contribution in [0.2, 0.25) is 0 Å². The second kappa shape index (κ2) is 5.98. The van der Waals surface area contributed by atoms with Crippen molar-refractivity contribution >= 4 is 11.8 Å². The van der Waals surface area contributed by atoms with Gasteiger partial charge in [-0.1, -0.05) is 6.92 Å². The highest BCUT2D eigenvalue weighted by molar-refractivity contribution is 8.00. The van der Waals surface area contributed by atoms with Crippen molar-refractivity contribution in [2.24, 2.45) is 7.05 Å². The fourth-order valence-electron chi connectivity index (χ4n) is 2.56. The summed E-state index contributed by atoms with van der Waals surface area (Å²) in [6.45, 7) is 5.08. The van der Waals surface area contributed by atoms with Crippen molar-refractivity contribution in [1.29, 1.82) is 5.26 Å². The van der Waals surface area contributed by atoms with Gasteiger partial charge in [0.2, 0.25) is 0 Å². The molecule has 0 unspecified atom stereocenters. The van der Waals surface area contributed by atoms with Crippen LogP contribution in [0.3, 0.4) is 0 Å². The highest BCUT2D eigenvalue weighted by Gasteiger charge is 2.33. The smallest absolute Gasteiger partial charge is 0.104 e. The molecule has 1 aromatic heterocycles. The minimum atomic E-state index is -0.155. The van der Waals surface area contributed by atoms with Crippen LogP contribution in [0.15, 0.2) is 6.07 Å². The first-order valence-electron chi connectivity index (χ1n) is 6.83. The van der Waals surface area contributed by atoms with E-state index >= 15 is 0 Å². The Bertz CT molecular complexity index is 466. The van der Waals surface area contributed by atoms with Crippen LogP contribution in [0.25, 0.3) is 0 Å². The molecule has 0 saturated carbocycles. The molecule has 1 fully saturated rings. The largest absolute Gasteiger partial charge is 0.297 e. The molecule has 0 atom stereocenters. The first-order chi connectivity index (χ1) is 9.12. The zero-order valence-corrected chi connectivity index (χ0v) is 12.8. The standard InChI is InChI=1S/C14H22N4S/c1-4-12-9-13(17(2)16-12)10-18-7-5-14(11-15,19-3)6-8-18/h9H,4-8,10H2,1-3H3. The summed E-state index contributed by atoms with van der Waals surface area (Å²) in [5.74, 6) is 0. The molecule has 2 heterocycles. The number of piperidine rings is 1. The van der Waals surface area contributed by atoms with Gasteiger partial charge in [-0.25, -0.2) is 0 Å². The van der Waals surface area contributed by atoms with E-state index in [-0.39, 0.29) is 4.75 Å². The maximum absolute atomic E-state index is 9.29. The van der Waals surface area contributed by atoms with Crippen LogP contribution in [0.1, 0.15) is 31.2 Å². The van der Waals surface area contributed by atoms with Gasteiger partial charge in [-0.05, 0) is 31.6 Å². The highest BCUT2D eigenvalue weighted by atomic mass is 32.2. The molecule has 0 bridgehead atoms. The molecular weight excluding hydrogens is 256 g/mol. The van der Waals surface area contributed by atoms with Crippen molar-refractivity contribution in [3.8, 4) is 6.07 Å². The maximum atomic E-state index is 9.29. The number of aryl methyl sites for hydroxylation is 2. The molecule has 1 aliphatic rings. The van der Waals surface area contributed by atoms with E-state index in [0.29, 0.717) is 0 Å². The molecule has 0 aromatic carbocycles. The summed E-state index contributed by atoms with van der Waals surface area (Å²) in [6.07, 6.45) is 4.96. The maximum Gasteiger partial charge on any atom is 0.104 e. The Morgan fingerprint density at radius 3 is 2.63 bits per heavy atom. The first-order valence-corrected chi connectivity index (χ1v) is 8.05. The Morgan fingerprint density at radius 1 is 1.47 bits per heavy atom. The molecule has 1 aromatic rings. The van der Waals surface area contributed by atoms with Crippen LogP contribution in [-0.4, -0.2) is 38.8 Å². The predicted molar refractivity (Wildman–Crippen MR) is 79.0 cm³/mol. The van der Waals surface area contributed by atoms with Crippen molar-refractivity contribution in [2.45, 2.75) is 37.5 Å².